The van der Waals surface area contributed by atoms with Crippen molar-refractivity contribution in [2.45, 2.75) is 40.0 Å². The van der Waals surface area contributed by atoms with E-state index in [1.165, 1.54) is 49.6 Å². The summed E-state index contributed by atoms with van der Waals surface area (Å²) in [7, 11) is -7.42. The first kappa shape index (κ1) is 62.7. The molecule has 0 aliphatic carbocycles. The molecule has 73 heavy (non-hydrogen) atoms. The van der Waals surface area contributed by atoms with Gasteiger partial charge in [0.1, 0.15) is 5.75 Å². The lowest BCUT2D eigenvalue weighted by atomic mass is 10.2. The number of rotatable bonds is 31. The molecule has 0 spiro atoms. The summed E-state index contributed by atoms with van der Waals surface area (Å²) in [5.41, 5.74) is 0.955. The van der Waals surface area contributed by atoms with Gasteiger partial charge in [0.15, 0.2) is 0 Å². The summed E-state index contributed by atoms with van der Waals surface area (Å²) < 4.78 is 86.4. The maximum atomic E-state index is 12.1. The fraction of sp³-hybridized carbons (Fsp3) is 0.512. The van der Waals surface area contributed by atoms with E-state index in [1.807, 2.05) is 13.8 Å². The zero-order valence-electron chi connectivity index (χ0n) is 41.0. The number of nitrogens with one attached hydrogen (secondary N) is 6. The molecule has 0 saturated heterocycles. The van der Waals surface area contributed by atoms with Gasteiger partial charge < -0.3 is 61.3 Å². The molecule has 32 heteroatoms. The molecule has 0 radical (unpaired) electrons. The van der Waals surface area contributed by atoms with Crippen molar-refractivity contribution in [2.24, 2.45) is 0 Å². The van der Waals surface area contributed by atoms with Crippen molar-refractivity contribution in [2.75, 3.05) is 128 Å². The third-order valence-electron chi connectivity index (χ3n) is 9.10. The number of likely N-dealkylation sites (N-methyl/N-ethyl adjacent to an activating group) is 1. The smallest absolute Gasteiger partial charge is 0.335 e. The van der Waals surface area contributed by atoms with Gasteiger partial charge in [-0.1, -0.05) is 27.2 Å². The van der Waals surface area contributed by atoms with E-state index in [4.69, 9.17) is 24.6 Å². The number of aliphatic hydroxyl groups is 3. The Kier molecular flexibility index (Phi) is 27.4. The monoisotopic (exact) mass is 1090 g/mol. The summed E-state index contributed by atoms with van der Waals surface area (Å²) >= 11 is 0. The van der Waals surface area contributed by atoms with Gasteiger partial charge in [0.2, 0.25) is 55.7 Å². The molecule has 2 aromatic carbocycles. The van der Waals surface area contributed by atoms with Crippen molar-refractivity contribution >= 4 is 89.2 Å². The Morgan fingerprint density at radius 2 is 1.18 bits per heavy atom. The molecule has 2 heterocycles. The van der Waals surface area contributed by atoms with E-state index in [9.17, 15) is 45.1 Å². The van der Waals surface area contributed by atoms with Crippen molar-refractivity contribution in [3.05, 3.63) is 53.6 Å². The lowest BCUT2D eigenvalue weighted by Crippen LogP contribution is -2.38. The maximum absolute atomic E-state index is 12.1. The van der Waals surface area contributed by atoms with E-state index in [0.29, 0.717) is 36.5 Å². The van der Waals surface area contributed by atoms with Crippen LogP contribution in [0.1, 0.15) is 60.7 Å². The Labute approximate surface area is 424 Å². The van der Waals surface area contributed by atoms with Crippen LogP contribution in [0.5, 0.6) is 5.75 Å². The van der Waals surface area contributed by atoms with Gasteiger partial charge in [-0.3, -0.25) is 4.55 Å². The standard InChI is InChI=1S/C21H33N7O7S.C15H20N6O6S.C5H13NO2S/c1-3-4-13-36(33,34)23-7-9-28(10-12-30)21-26-19(22-8-11-29)25-20(27-21)24-16-14-15(18(31)32)5-6-17(16)35-2;1-21(7-8-22)15-19-13(16-6-9-28(25,26)27)18-14(20-15)17-11-4-2-10(3-5-11)12(23)24;1-3-5-9(7,8)6-4-2/h5-6,14,23,29-30H,3-4,7-13H2,1-2H3,(H,31,32)(H2,22,24,25,26,27);2-5,22H,6-9H2,1H3,(H,23,24)(H,25,26,27)(H2,16,17,18,19,20);6H,3-5H2,1-2H3. The third-order valence-corrected chi connectivity index (χ3v) is 13.0. The van der Waals surface area contributed by atoms with Crippen LogP contribution >= 0.6 is 0 Å². The quantitative estimate of drug-likeness (QED) is 0.0307. The number of aromatic carboxylic acids is 2. The van der Waals surface area contributed by atoms with Crippen molar-refractivity contribution in [3.63, 3.8) is 0 Å². The number of anilines is 8. The van der Waals surface area contributed by atoms with Gasteiger partial charge in [0.05, 0.1) is 61.0 Å². The van der Waals surface area contributed by atoms with Gasteiger partial charge in [-0.05, 0) is 55.3 Å². The van der Waals surface area contributed by atoms with Crippen molar-refractivity contribution in [1.82, 2.24) is 39.3 Å². The van der Waals surface area contributed by atoms with Crippen LogP contribution in [0.15, 0.2) is 42.5 Å². The van der Waals surface area contributed by atoms with Crippen LogP contribution in [0.4, 0.5) is 47.1 Å². The van der Waals surface area contributed by atoms with Crippen molar-refractivity contribution in [3.8, 4) is 5.75 Å². The van der Waals surface area contributed by atoms with Gasteiger partial charge in [-0.15, -0.1) is 0 Å². The molecule has 0 fully saturated rings. The number of unbranched alkanes of at least 4 members (excludes halogenated alkanes) is 1. The lowest BCUT2D eigenvalue weighted by molar-refractivity contribution is 0.0686. The fourth-order valence-electron chi connectivity index (χ4n) is 5.64. The van der Waals surface area contributed by atoms with Gasteiger partial charge in [0.25, 0.3) is 10.1 Å². The van der Waals surface area contributed by atoms with Gasteiger partial charge in [-0.2, -0.15) is 38.3 Å². The van der Waals surface area contributed by atoms with Crippen LogP contribution in [0, 0.1) is 0 Å². The molecule has 0 saturated carbocycles. The second-order valence-corrected chi connectivity index (χ2v) is 20.4. The number of methoxy groups -OCH3 is 1. The maximum Gasteiger partial charge on any atom is 0.335 e. The molecular weight excluding hydrogens is 1020 g/mol. The molecule has 0 aliphatic heterocycles. The van der Waals surface area contributed by atoms with Gasteiger partial charge >= 0.3 is 11.9 Å². The molecule has 408 valence electrons. The minimum Gasteiger partial charge on any atom is -0.495 e. The molecule has 12 N–H and O–H groups in total. The average molecular weight is 1090 g/mol. The highest BCUT2D eigenvalue weighted by molar-refractivity contribution is 7.89. The summed E-state index contributed by atoms with van der Waals surface area (Å²) in [6, 6.07) is 10.1. The zero-order chi connectivity index (χ0) is 54.6. The predicted octanol–water partition coefficient (Wildman–Crippen LogP) is 0.622. The summed E-state index contributed by atoms with van der Waals surface area (Å²) in [5.74, 6) is -1.44. The number of sulfonamides is 2. The second-order valence-electron chi connectivity index (χ2n) is 15.0. The second kappa shape index (κ2) is 31.9. The summed E-state index contributed by atoms with van der Waals surface area (Å²) in [5, 5.41) is 57.4. The van der Waals surface area contributed by atoms with Crippen LogP contribution in [0.2, 0.25) is 0 Å². The number of carbonyl (C=O) groups is 2. The molecule has 4 aromatic rings. The highest BCUT2D eigenvalue weighted by Gasteiger charge is 2.18. The Hall–Kier alpha value is -6.39. The zero-order valence-corrected chi connectivity index (χ0v) is 43.5. The number of benzene rings is 2. The Morgan fingerprint density at radius 3 is 1.73 bits per heavy atom. The number of carboxylic acids is 2. The lowest BCUT2D eigenvalue weighted by Gasteiger charge is -2.23. The van der Waals surface area contributed by atoms with E-state index >= 15 is 0 Å². The molecule has 0 atom stereocenters. The van der Waals surface area contributed by atoms with E-state index in [-0.39, 0.29) is 117 Å². The van der Waals surface area contributed by atoms with E-state index in [0.717, 1.165) is 6.42 Å². The SMILES string of the molecule is CCCCS(=O)(=O)NCCN(CCO)c1nc(NCCO)nc(Nc2cc(C(=O)O)ccc2OC)n1.CCCS(=O)(=O)NCC.CN(CCO)c1nc(NCCS(=O)(=O)O)nc(Nc2ccc(C(=O)O)cc2)n1. The minimum absolute atomic E-state index is 0.0171. The summed E-state index contributed by atoms with van der Waals surface area (Å²) in [6.07, 6.45) is 1.97. The first-order chi connectivity index (χ1) is 34.5. The van der Waals surface area contributed by atoms with Crippen LogP contribution in [-0.2, 0) is 30.2 Å². The molecule has 0 aliphatic rings. The topological polar surface area (TPSA) is 423 Å². The van der Waals surface area contributed by atoms with E-state index < -0.39 is 47.9 Å². The van der Waals surface area contributed by atoms with Crippen LogP contribution < -0.4 is 45.2 Å². The fourth-order valence-corrected chi connectivity index (χ4v) is 8.34. The Bertz CT molecular complexity index is 2660. The largest absolute Gasteiger partial charge is 0.495 e. The van der Waals surface area contributed by atoms with Crippen molar-refractivity contribution < 1.29 is 69.7 Å². The van der Waals surface area contributed by atoms with Crippen LogP contribution in [0.3, 0.4) is 0 Å². The first-order valence-corrected chi connectivity index (χ1v) is 27.4. The number of hydrogen-bond acceptors (Lipinski definition) is 24. The molecule has 29 nitrogen and oxygen atoms in total. The predicted molar refractivity (Wildman–Crippen MR) is 274 cm³/mol. The number of carboxylic acid groups (broad SMARTS) is 2. The Morgan fingerprint density at radius 1 is 0.616 bits per heavy atom. The number of aliphatic hydroxyl groups excluding tert-OH is 3. The van der Waals surface area contributed by atoms with Crippen molar-refractivity contribution in [1.29, 1.82) is 0 Å². The van der Waals surface area contributed by atoms with E-state index in [2.05, 4.69) is 60.6 Å². The average Bonchev–Trinajstić information content (AvgIpc) is 3.32. The van der Waals surface area contributed by atoms with Crippen LogP contribution in [0.25, 0.3) is 0 Å². The summed E-state index contributed by atoms with van der Waals surface area (Å²) in [4.78, 5) is 50.9. The van der Waals surface area contributed by atoms with Gasteiger partial charge in [0, 0.05) is 58.5 Å². The molecule has 0 bridgehead atoms. The third kappa shape index (κ3) is 24.7. The number of nitrogens with zero attached hydrogens (tertiary/aromatic N) is 8. The highest BCUT2D eigenvalue weighted by atomic mass is 32.2. The molecule has 4 rings (SSSR count). The molecule has 0 unspecified atom stereocenters. The van der Waals surface area contributed by atoms with Gasteiger partial charge in [-0.25, -0.2) is 35.9 Å². The normalized spacial score (nSPS) is 11.2. The molecule has 2 aromatic heterocycles. The number of hydrogen-bond donors (Lipinski definition) is 12. The molecule has 0 amide bonds. The minimum atomic E-state index is -4.14. The highest BCUT2D eigenvalue weighted by Crippen LogP contribution is 2.29. The first-order valence-electron chi connectivity index (χ1n) is 22.5. The summed E-state index contributed by atoms with van der Waals surface area (Å²) in [6.45, 7) is 6.05. The molecular formula is C41H66N14O15S3. The van der Waals surface area contributed by atoms with E-state index in [1.54, 1.807) is 23.8 Å². The number of aromatic nitrogens is 6. The van der Waals surface area contributed by atoms with Crippen LogP contribution in [-0.4, -0.2) is 194 Å². The Balaban J connectivity index is 0.000000436. The number of ether oxygens (including phenoxy) is 1.